The summed E-state index contributed by atoms with van der Waals surface area (Å²) in [6.45, 7) is 10.9. The third-order valence-corrected chi connectivity index (χ3v) is 9.96. The number of Topliss-reactive ketones (excluding diaryl/α,β-unsaturated/α-hetero) is 1. The predicted molar refractivity (Wildman–Crippen MR) is 191 cm³/mol. The molecule has 10 nitrogen and oxygen atoms in total. The van der Waals surface area contributed by atoms with Crippen LogP contribution in [0.5, 0.6) is 5.75 Å². The van der Waals surface area contributed by atoms with Crippen LogP contribution < -0.4 is 10.1 Å². The molecule has 10 heteroatoms. The number of unbranched alkanes of at least 4 members (excludes halogenated alkanes) is 1. The Bertz CT molecular complexity index is 1470. The summed E-state index contributed by atoms with van der Waals surface area (Å²) in [6, 6.07) is 17.3. The highest BCUT2D eigenvalue weighted by Gasteiger charge is 2.41. The van der Waals surface area contributed by atoms with Crippen LogP contribution in [-0.2, 0) is 20.7 Å². The van der Waals surface area contributed by atoms with E-state index in [-0.39, 0.29) is 42.3 Å². The number of amidine groups is 1. The largest absolute Gasteiger partial charge is 0.495 e. The average molecular weight is 671 g/mol. The van der Waals surface area contributed by atoms with Gasteiger partial charge >= 0.3 is 0 Å². The Morgan fingerprint density at radius 3 is 2.55 bits per heavy atom. The van der Waals surface area contributed by atoms with Gasteiger partial charge in [0.1, 0.15) is 24.0 Å². The molecule has 0 bridgehead atoms. The molecule has 0 aromatic heterocycles. The number of likely N-dealkylation sites (tertiary alicyclic amines) is 1. The standard InChI is InChI=1S/C39H54N6O4/c1-28(2)41-33(15-9-12-22-43-20-10-6-11-21-43)38(47)45-24-23-44(39-42-29(3)37(49-39)31-13-7-5-8-14-31)27-34(45)35(46)19-17-30-16-18-32(26-40)36(25-30)48-4/h5,7-8,13-14,16,18,25,28-29,33-34,37,41H,6,9-12,15,17,19-24,27H2,1-4H3/t29-,33+,34-,37+/m0/s1. The minimum atomic E-state index is -0.635. The quantitative estimate of drug-likeness (QED) is 0.276. The lowest BCUT2D eigenvalue weighted by atomic mass is 9.98. The van der Waals surface area contributed by atoms with Crippen molar-refractivity contribution in [2.24, 2.45) is 4.99 Å². The number of carbonyl (C=O) groups excluding carboxylic acids is 2. The summed E-state index contributed by atoms with van der Waals surface area (Å²) in [5.41, 5.74) is 2.43. The molecule has 5 rings (SSSR count). The van der Waals surface area contributed by atoms with Crippen LogP contribution >= 0.6 is 0 Å². The topological polar surface area (TPSA) is 110 Å². The molecule has 1 N–H and O–H groups in total. The van der Waals surface area contributed by atoms with E-state index < -0.39 is 6.04 Å². The zero-order valence-electron chi connectivity index (χ0n) is 29.8. The first-order chi connectivity index (χ1) is 23.8. The van der Waals surface area contributed by atoms with Crippen molar-refractivity contribution in [2.45, 2.75) is 102 Å². The van der Waals surface area contributed by atoms with Crippen molar-refractivity contribution in [2.75, 3.05) is 46.4 Å². The highest BCUT2D eigenvalue weighted by atomic mass is 16.5. The molecule has 3 aliphatic heterocycles. The molecule has 0 aliphatic carbocycles. The predicted octanol–water partition coefficient (Wildman–Crippen LogP) is 5.12. The van der Waals surface area contributed by atoms with Gasteiger partial charge < -0.3 is 29.5 Å². The highest BCUT2D eigenvalue weighted by Crippen LogP contribution is 2.31. The van der Waals surface area contributed by atoms with Crippen LogP contribution in [0.2, 0.25) is 0 Å². The van der Waals surface area contributed by atoms with Crippen molar-refractivity contribution in [3.63, 3.8) is 0 Å². The maximum Gasteiger partial charge on any atom is 0.288 e. The van der Waals surface area contributed by atoms with Gasteiger partial charge in [-0.3, -0.25) is 9.59 Å². The number of rotatable bonds is 14. The molecule has 0 unspecified atom stereocenters. The van der Waals surface area contributed by atoms with Gasteiger partial charge in [-0.05, 0) is 81.9 Å². The van der Waals surface area contributed by atoms with Crippen molar-refractivity contribution in [3.8, 4) is 11.8 Å². The molecule has 264 valence electrons. The summed E-state index contributed by atoms with van der Waals surface area (Å²) in [4.78, 5) is 39.8. The Hall–Kier alpha value is -3.94. The number of piperidine rings is 1. The molecule has 3 heterocycles. The van der Waals surface area contributed by atoms with E-state index in [1.54, 1.807) is 6.07 Å². The first kappa shape index (κ1) is 36.3. The number of piperazine rings is 1. The van der Waals surface area contributed by atoms with Gasteiger partial charge in [-0.15, -0.1) is 0 Å². The molecule has 2 fully saturated rings. The molecule has 49 heavy (non-hydrogen) atoms. The van der Waals surface area contributed by atoms with E-state index in [1.165, 1.54) is 39.5 Å². The van der Waals surface area contributed by atoms with Crippen LogP contribution in [0.15, 0.2) is 53.5 Å². The number of carbonyl (C=O) groups is 2. The number of benzene rings is 2. The second-order valence-corrected chi connectivity index (χ2v) is 14.0. The third-order valence-electron chi connectivity index (χ3n) is 9.96. The minimum absolute atomic E-state index is 0.000951. The fraction of sp³-hybridized carbons (Fsp3) is 0.590. The van der Waals surface area contributed by atoms with Gasteiger partial charge in [-0.2, -0.15) is 5.26 Å². The number of nitriles is 1. The molecule has 0 spiro atoms. The summed E-state index contributed by atoms with van der Waals surface area (Å²) in [5.74, 6) is 0.491. The lowest BCUT2D eigenvalue weighted by molar-refractivity contribution is -0.144. The van der Waals surface area contributed by atoms with Crippen LogP contribution in [0.25, 0.3) is 0 Å². The number of ketones is 1. The number of ether oxygens (including phenoxy) is 2. The number of hydrogen-bond donors (Lipinski definition) is 1. The van der Waals surface area contributed by atoms with E-state index in [0.717, 1.165) is 36.9 Å². The summed E-state index contributed by atoms with van der Waals surface area (Å²) in [6.07, 6.45) is 7.18. The zero-order valence-corrected chi connectivity index (χ0v) is 29.8. The van der Waals surface area contributed by atoms with Crippen LogP contribution in [0.1, 0.15) is 88.5 Å². The Morgan fingerprint density at radius 1 is 1.06 bits per heavy atom. The number of aliphatic imine (C=N–C) groups is 1. The Morgan fingerprint density at radius 2 is 1.84 bits per heavy atom. The molecule has 0 radical (unpaired) electrons. The summed E-state index contributed by atoms with van der Waals surface area (Å²) in [5, 5.41) is 12.9. The first-order valence-electron chi connectivity index (χ1n) is 18.2. The molecule has 2 aromatic rings. The average Bonchev–Trinajstić information content (AvgIpc) is 3.53. The monoisotopic (exact) mass is 670 g/mol. The Kier molecular flexibility index (Phi) is 13.1. The second-order valence-electron chi connectivity index (χ2n) is 14.0. The summed E-state index contributed by atoms with van der Waals surface area (Å²) in [7, 11) is 1.54. The lowest BCUT2D eigenvalue weighted by Gasteiger charge is -2.42. The van der Waals surface area contributed by atoms with Crippen molar-refractivity contribution in [1.29, 1.82) is 5.26 Å². The zero-order chi connectivity index (χ0) is 34.8. The summed E-state index contributed by atoms with van der Waals surface area (Å²) >= 11 is 0. The normalized spacial score (nSPS) is 22.0. The molecule has 0 saturated carbocycles. The SMILES string of the molecule is COc1cc(CCC(=O)[C@@H]2CN(C3=N[C@@H](C)[C@H](c4ccccc4)O3)CCN2C(=O)[C@@H](CCCCN2CCCCC2)NC(C)C)ccc1C#N. The number of amides is 1. The number of nitrogens with zero attached hydrogens (tertiary/aromatic N) is 5. The van der Waals surface area contributed by atoms with E-state index in [0.29, 0.717) is 43.4 Å². The molecule has 1 amide bonds. The van der Waals surface area contributed by atoms with Gasteiger partial charge in [0.25, 0.3) is 6.02 Å². The fourth-order valence-corrected chi connectivity index (χ4v) is 7.29. The number of nitrogens with one attached hydrogen (secondary N) is 1. The molecule has 2 saturated heterocycles. The lowest BCUT2D eigenvalue weighted by Crippen LogP contribution is -2.62. The van der Waals surface area contributed by atoms with Gasteiger partial charge in [0.2, 0.25) is 5.91 Å². The van der Waals surface area contributed by atoms with Gasteiger partial charge in [0.05, 0.1) is 24.8 Å². The van der Waals surface area contributed by atoms with Crippen LogP contribution in [-0.4, -0.2) is 103 Å². The Balaban J connectivity index is 1.30. The van der Waals surface area contributed by atoms with E-state index in [9.17, 15) is 14.9 Å². The second kappa shape index (κ2) is 17.6. The number of methoxy groups -OCH3 is 1. The van der Waals surface area contributed by atoms with E-state index in [2.05, 4.69) is 42.3 Å². The molecule has 2 aromatic carbocycles. The van der Waals surface area contributed by atoms with Crippen LogP contribution in [0.4, 0.5) is 0 Å². The van der Waals surface area contributed by atoms with E-state index in [4.69, 9.17) is 14.5 Å². The Labute approximate surface area is 292 Å². The van der Waals surface area contributed by atoms with E-state index in [1.807, 2.05) is 47.1 Å². The molecular formula is C39H54N6O4. The van der Waals surface area contributed by atoms with Crippen LogP contribution in [0.3, 0.4) is 0 Å². The van der Waals surface area contributed by atoms with Gasteiger partial charge in [0.15, 0.2) is 5.78 Å². The molecule has 3 aliphatic rings. The maximum absolute atomic E-state index is 14.4. The van der Waals surface area contributed by atoms with Crippen LogP contribution in [0, 0.1) is 11.3 Å². The van der Waals surface area contributed by atoms with Crippen molar-refractivity contribution in [3.05, 3.63) is 65.2 Å². The molecule has 4 atom stereocenters. The van der Waals surface area contributed by atoms with E-state index >= 15 is 0 Å². The summed E-state index contributed by atoms with van der Waals surface area (Å²) < 4.78 is 11.8. The number of aryl methyl sites for hydroxylation is 1. The maximum atomic E-state index is 14.4. The third kappa shape index (κ3) is 9.61. The highest BCUT2D eigenvalue weighted by molar-refractivity contribution is 5.92. The van der Waals surface area contributed by atoms with Crippen molar-refractivity contribution in [1.82, 2.24) is 20.0 Å². The van der Waals surface area contributed by atoms with Crippen molar-refractivity contribution >= 4 is 17.7 Å². The number of hydrogen-bond acceptors (Lipinski definition) is 9. The van der Waals surface area contributed by atoms with Crippen molar-refractivity contribution < 1.29 is 19.1 Å². The smallest absolute Gasteiger partial charge is 0.288 e. The molecular weight excluding hydrogens is 616 g/mol. The fourth-order valence-electron chi connectivity index (χ4n) is 7.29. The minimum Gasteiger partial charge on any atom is -0.495 e. The first-order valence-corrected chi connectivity index (χ1v) is 18.2. The van der Waals surface area contributed by atoms with Gasteiger partial charge in [0, 0.05) is 32.1 Å². The van der Waals surface area contributed by atoms with Gasteiger partial charge in [-0.1, -0.05) is 63.1 Å². The van der Waals surface area contributed by atoms with Gasteiger partial charge in [-0.25, -0.2) is 4.99 Å².